The summed E-state index contributed by atoms with van der Waals surface area (Å²) in [6, 6.07) is 0. The third-order valence-corrected chi connectivity index (χ3v) is 4.15. The monoisotopic (exact) mass is 324 g/mol. The number of aryl methyl sites for hydroxylation is 1. The van der Waals surface area contributed by atoms with Crippen LogP contribution < -0.4 is 10.6 Å². The van der Waals surface area contributed by atoms with Gasteiger partial charge >= 0.3 is 0 Å². The fourth-order valence-electron chi connectivity index (χ4n) is 2.97. The first-order valence-electron chi connectivity index (χ1n) is 7.49. The number of fused-ring (bicyclic) bond motifs is 1. The van der Waals surface area contributed by atoms with Gasteiger partial charge in [0.1, 0.15) is 5.76 Å². The summed E-state index contributed by atoms with van der Waals surface area (Å²) in [4.78, 5) is 24.2. The minimum Gasteiger partial charge on any atom is -0.455 e. The van der Waals surface area contributed by atoms with Crippen LogP contribution in [0.5, 0.6) is 0 Å². The van der Waals surface area contributed by atoms with Gasteiger partial charge in [0, 0.05) is 31.5 Å². The number of nitrogens with one attached hydrogen (secondary N) is 2. The minimum atomic E-state index is -0.228. The van der Waals surface area contributed by atoms with E-state index in [-0.39, 0.29) is 24.1 Å². The molecule has 2 aliphatic rings. The average Bonchev–Trinajstić information content (AvgIpc) is 2.84. The molecule has 1 aromatic heterocycles. The summed E-state index contributed by atoms with van der Waals surface area (Å²) in [6.07, 6.45) is 5.15. The topological polar surface area (TPSA) is 71.3 Å². The molecule has 0 spiro atoms. The number of rotatable bonds is 3. The van der Waals surface area contributed by atoms with Crippen molar-refractivity contribution in [3.8, 4) is 0 Å². The second kappa shape index (κ2) is 7.11. The molecule has 0 atom stereocenters. The lowest BCUT2D eigenvalue weighted by Gasteiger charge is -2.14. The second-order valence-electron chi connectivity index (χ2n) is 5.63. The number of carbonyl (C=O) groups excluding carboxylic acids is 2. The van der Waals surface area contributed by atoms with Gasteiger partial charge in [0.05, 0.1) is 5.56 Å². The predicted octanol–water partition coefficient (Wildman–Crippen LogP) is 2.18. The van der Waals surface area contributed by atoms with E-state index in [2.05, 4.69) is 16.7 Å². The summed E-state index contributed by atoms with van der Waals surface area (Å²) in [6.45, 7) is 4.14. The van der Waals surface area contributed by atoms with Crippen LogP contribution in [0.4, 0.5) is 0 Å². The van der Waals surface area contributed by atoms with Crippen molar-refractivity contribution < 1.29 is 14.0 Å². The Morgan fingerprint density at radius 3 is 2.86 bits per heavy atom. The Balaban J connectivity index is 0.00000176. The van der Waals surface area contributed by atoms with Crippen LogP contribution in [0.1, 0.15) is 51.5 Å². The number of Topliss-reactive ketones (excluding diaryl/α,β-unsaturated/α-hetero) is 1. The molecular formula is C16H21ClN2O3. The zero-order valence-electron chi connectivity index (χ0n) is 12.7. The molecule has 22 heavy (non-hydrogen) atoms. The lowest BCUT2D eigenvalue weighted by molar-refractivity contribution is 0.0922. The SMILES string of the molecule is Cc1c(C(=O)NCC2=CCNCC2)oc2c1C(=O)CCC2.Cl. The van der Waals surface area contributed by atoms with E-state index in [0.29, 0.717) is 35.6 Å². The van der Waals surface area contributed by atoms with Gasteiger partial charge in [-0.05, 0) is 26.3 Å². The van der Waals surface area contributed by atoms with Gasteiger partial charge in [-0.15, -0.1) is 12.4 Å². The van der Waals surface area contributed by atoms with Gasteiger partial charge in [-0.25, -0.2) is 0 Å². The number of hydrogen-bond acceptors (Lipinski definition) is 4. The number of ketones is 1. The number of carbonyl (C=O) groups is 2. The third-order valence-electron chi connectivity index (χ3n) is 4.15. The van der Waals surface area contributed by atoms with Crippen molar-refractivity contribution in [3.05, 3.63) is 34.3 Å². The molecular weight excluding hydrogens is 304 g/mol. The molecule has 0 fully saturated rings. The summed E-state index contributed by atoms with van der Waals surface area (Å²) in [5.41, 5.74) is 2.55. The van der Waals surface area contributed by atoms with E-state index in [9.17, 15) is 9.59 Å². The molecule has 0 saturated carbocycles. The molecule has 2 heterocycles. The second-order valence-corrected chi connectivity index (χ2v) is 5.63. The highest BCUT2D eigenvalue weighted by molar-refractivity contribution is 6.03. The molecule has 1 amide bonds. The van der Waals surface area contributed by atoms with Crippen LogP contribution in [0.25, 0.3) is 0 Å². The largest absolute Gasteiger partial charge is 0.455 e. The van der Waals surface area contributed by atoms with E-state index in [1.807, 2.05) is 0 Å². The first kappa shape index (κ1) is 16.8. The number of halogens is 1. The summed E-state index contributed by atoms with van der Waals surface area (Å²) in [7, 11) is 0. The third kappa shape index (κ3) is 3.25. The van der Waals surface area contributed by atoms with E-state index in [1.54, 1.807) is 6.92 Å². The van der Waals surface area contributed by atoms with Crippen molar-refractivity contribution in [2.24, 2.45) is 0 Å². The van der Waals surface area contributed by atoms with Crippen molar-refractivity contribution >= 4 is 24.1 Å². The van der Waals surface area contributed by atoms with Crippen molar-refractivity contribution in [2.45, 2.75) is 32.6 Å². The Hall–Kier alpha value is -1.59. The highest BCUT2D eigenvalue weighted by Crippen LogP contribution is 2.29. The van der Waals surface area contributed by atoms with Crippen LogP contribution in [0.15, 0.2) is 16.1 Å². The van der Waals surface area contributed by atoms with Gasteiger partial charge < -0.3 is 15.1 Å². The highest BCUT2D eigenvalue weighted by Gasteiger charge is 2.28. The molecule has 0 bridgehead atoms. The van der Waals surface area contributed by atoms with Crippen LogP contribution in [-0.4, -0.2) is 31.3 Å². The number of furan rings is 1. The maximum absolute atomic E-state index is 12.3. The van der Waals surface area contributed by atoms with Gasteiger partial charge in [-0.3, -0.25) is 9.59 Å². The lowest BCUT2D eigenvalue weighted by Crippen LogP contribution is -2.29. The van der Waals surface area contributed by atoms with Crippen molar-refractivity contribution in [3.63, 3.8) is 0 Å². The number of amides is 1. The Bertz CT molecular complexity index is 619. The standard InChI is InChI=1S/C16H20N2O3.ClH/c1-10-14-12(19)3-2-4-13(14)21-15(10)16(20)18-9-11-5-7-17-8-6-11;/h5,17H,2-4,6-9H2,1H3,(H,18,20);1H. The Labute approximate surface area is 135 Å². The molecule has 5 nitrogen and oxygen atoms in total. The predicted molar refractivity (Wildman–Crippen MR) is 85.9 cm³/mol. The zero-order valence-corrected chi connectivity index (χ0v) is 13.5. The summed E-state index contributed by atoms with van der Waals surface area (Å²) < 4.78 is 5.64. The Kier molecular flexibility index (Phi) is 5.42. The van der Waals surface area contributed by atoms with Crippen molar-refractivity contribution in [2.75, 3.05) is 19.6 Å². The molecule has 2 N–H and O–H groups in total. The van der Waals surface area contributed by atoms with Crippen molar-refractivity contribution in [1.29, 1.82) is 0 Å². The molecule has 3 rings (SSSR count). The molecule has 0 radical (unpaired) electrons. The zero-order chi connectivity index (χ0) is 14.8. The van der Waals surface area contributed by atoms with E-state index in [0.717, 1.165) is 32.4 Å². The molecule has 1 aliphatic heterocycles. The highest BCUT2D eigenvalue weighted by atomic mass is 35.5. The summed E-state index contributed by atoms with van der Waals surface area (Å²) in [5.74, 6) is 0.839. The van der Waals surface area contributed by atoms with Crippen molar-refractivity contribution in [1.82, 2.24) is 10.6 Å². The molecule has 1 aliphatic carbocycles. The smallest absolute Gasteiger partial charge is 0.287 e. The molecule has 1 aromatic rings. The summed E-state index contributed by atoms with van der Waals surface area (Å²) in [5, 5.41) is 6.13. The van der Waals surface area contributed by atoms with E-state index in [4.69, 9.17) is 4.42 Å². The Morgan fingerprint density at radius 1 is 1.36 bits per heavy atom. The summed E-state index contributed by atoms with van der Waals surface area (Å²) >= 11 is 0. The maximum atomic E-state index is 12.3. The van der Waals surface area contributed by atoms with E-state index < -0.39 is 0 Å². The average molecular weight is 325 g/mol. The van der Waals surface area contributed by atoms with Crippen LogP contribution in [0.2, 0.25) is 0 Å². The maximum Gasteiger partial charge on any atom is 0.287 e. The van der Waals surface area contributed by atoms with Gasteiger partial charge in [0.2, 0.25) is 0 Å². The molecule has 120 valence electrons. The minimum absolute atomic E-state index is 0. The molecule has 6 heteroatoms. The Morgan fingerprint density at radius 2 is 2.18 bits per heavy atom. The van der Waals surface area contributed by atoms with E-state index >= 15 is 0 Å². The van der Waals surface area contributed by atoms with Crippen LogP contribution >= 0.6 is 12.4 Å². The molecule has 0 unspecified atom stereocenters. The van der Waals surface area contributed by atoms with Crippen LogP contribution in [0, 0.1) is 6.92 Å². The molecule has 0 aromatic carbocycles. The van der Waals surface area contributed by atoms with Gasteiger partial charge in [0.25, 0.3) is 5.91 Å². The first-order valence-corrected chi connectivity index (χ1v) is 7.49. The first-order chi connectivity index (χ1) is 10.2. The van der Waals surface area contributed by atoms with Gasteiger partial charge in [-0.1, -0.05) is 11.6 Å². The van der Waals surface area contributed by atoms with Crippen LogP contribution in [0.3, 0.4) is 0 Å². The quantitative estimate of drug-likeness (QED) is 0.836. The van der Waals surface area contributed by atoms with Gasteiger partial charge in [0.15, 0.2) is 11.5 Å². The number of hydrogen-bond donors (Lipinski definition) is 2. The molecule has 0 saturated heterocycles. The van der Waals surface area contributed by atoms with Gasteiger partial charge in [-0.2, -0.15) is 0 Å². The normalized spacial score (nSPS) is 17.3. The fourth-order valence-corrected chi connectivity index (χ4v) is 2.97. The van der Waals surface area contributed by atoms with E-state index in [1.165, 1.54) is 5.57 Å². The fraction of sp³-hybridized carbons (Fsp3) is 0.500. The van der Waals surface area contributed by atoms with Crippen LogP contribution in [-0.2, 0) is 6.42 Å². The lowest BCUT2D eigenvalue weighted by atomic mass is 9.94.